The van der Waals surface area contributed by atoms with Gasteiger partial charge in [0.05, 0.1) is 46.0 Å². The zero-order chi connectivity index (χ0) is 32.4. The zero-order valence-electron chi connectivity index (χ0n) is 25.1. The molecule has 2 aromatic heterocycles. The fraction of sp³-hybridized carbons (Fsp3) is 0.147. The minimum Gasteiger partial charge on any atom is -0.496 e. The number of methoxy groups -OCH3 is 1. The van der Waals surface area contributed by atoms with E-state index in [9.17, 15) is 19.7 Å². The second-order valence-electron chi connectivity index (χ2n) is 10.2. The van der Waals surface area contributed by atoms with Crippen LogP contribution in [0.15, 0.2) is 110 Å². The Morgan fingerprint density at radius 1 is 1.11 bits per heavy atom. The summed E-state index contributed by atoms with van der Waals surface area (Å²) in [4.78, 5) is 43.8. The molecular formula is C34H28N4O7S. The quantitative estimate of drug-likeness (QED) is 0.168. The number of hydrogen-bond donors (Lipinski definition) is 1. The van der Waals surface area contributed by atoms with Gasteiger partial charge in [0.1, 0.15) is 23.0 Å². The Labute approximate surface area is 266 Å². The molecule has 3 heterocycles. The van der Waals surface area contributed by atoms with Gasteiger partial charge in [-0.05, 0) is 61.9 Å². The zero-order valence-corrected chi connectivity index (χ0v) is 25.9. The largest absolute Gasteiger partial charge is 0.496 e. The van der Waals surface area contributed by atoms with Crippen LogP contribution in [0.3, 0.4) is 0 Å². The Balaban J connectivity index is 1.44. The molecule has 6 rings (SSSR count). The predicted molar refractivity (Wildman–Crippen MR) is 174 cm³/mol. The van der Waals surface area contributed by atoms with Crippen LogP contribution in [-0.2, 0) is 4.79 Å². The van der Waals surface area contributed by atoms with Crippen LogP contribution in [0.1, 0.15) is 31.2 Å². The highest BCUT2D eigenvalue weighted by Gasteiger charge is 2.32. The van der Waals surface area contributed by atoms with Crippen molar-refractivity contribution in [2.45, 2.75) is 19.9 Å². The van der Waals surface area contributed by atoms with Crippen LogP contribution in [0.2, 0.25) is 0 Å². The van der Waals surface area contributed by atoms with Gasteiger partial charge in [-0.25, -0.2) is 4.99 Å². The second-order valence-corrected chi connectivity index (χ2v) is 11.3. The van der Waals surface area contributed by atoms with Crippen LogP contribution < -0.4 is 29.7 Å². The summed E-state index contributed by atoms with van der Waals surface area (Å²) >= 11 is 1.17. The highest BCUT2D eigenvalue weighted by Crippen LogP contribution is 2.35. The number of rotatable bonds is 9. The van der Waals surface area contributed by atoms with Gasteiger partial charge < -0.3 is 19.2 Å². The Morgan fingerprint density at radius 3 is 2.57 bits per heavy atom. The van der Waals surface area contributed by atoms with E-state index in [0.29, 0.717) is 67.0 Å². The molecule has 46 heavy (non-hydrogen) atoms. The van der Waals surface area contributed by atoms with Gasteiger partial charge in [0.25, 0.3) is 17.2 Å². The van der Waals surface area contributed by atoms with Crippen molar-refractivity contribution in [1.29, 1.82) is 0 Å². The first-order chi connectivity index (χ1) is 22.3. The molecule has 3 aromatic carbocycles. The molecule has 0 unspecified atom stereocenters. The molecule has 0 spiro atoms. The maximum absolute atomic E-state index is 14.1. The standard InChI is InChI=1S/C34H28N4O7S/c1-4-44-24-13-10-21(11-14-24)31-30(32(39)36-22-8-6-5-7-9-22)20(2)35-34-37(31)33(40)29(46-34)19-25-15-17-28(45-25)26-18-23(38(41)42)12-16-27(26)43-3/h5-19,31H,4H2,1-3H3,(H,36,39)/b29-19-/t31-/m1/s1. The van der Waals surface area contributed by atoms with E-state index in [-0.39, 0.29) is 17.2 Å². The molecule has 1 amide bonds. The highest BCUT2D eigenvalue weighted by atomic mass is 32.1. The second kappa shape index (κ2) is 12.7. The summed E-state index contributed by atoms with van der Waals surface area (Å²) in [7, 11) is 1.46. The number of non-ortho nitro benzene ring substituents is 1. The number of ether oxygens (including phenoxy) is 2. The van der Waals surface area contributed by atoms with E-state index < -0.39 is 11.0 Å². The Hall–Kier alpha value is -5.75. The summed E-state index contributed by atoms with van der Waals surface area (Å²) in [6, 6.07) is 23.2. The molecule has 0 saturated heterocycles. The van der Waals surface area contributed by atoms with Crippen LogP contribution >= 0.6 is 11.3 Å². The summed E-state index contributed by atoms with van der Waals surface area (Å²) in [5.41, 5.74) is 2.08. The number of amides is 1. The lowest BCUT2D eigenvalue weighted by molar-refractivity contribution is -0.384. The number of allylic oxidation sites excluding steroid dienone is 1. The van der Waals surface area contributed by atoms with Crippen LogP contribution in [0.5, 0.6) is 11.5 Å². The smallest absolute Gasteiger partial charge is 0.271 e. The van der Waals surface area contributed by atoms with Gasteiger partial charge >= 0.3 is 0 Å². The lowest BCUT2D eigenvalue weighted by Crippen LogP contribution is -2.40. The molecule has 0 radical (unpaired) electrons. The maximum Gasteiger partial charge on any atom is 0.271 e. The van der Waals surface area contributed by atoms with Crippen LogP contribution in [-0.4, -0.2) is 29.1 Å². The Morgan fingerprint density at radius 2 is 1.87 bits per heavy atom. The first kappa shape index (κ1) is 30.3. The van der Waals surface area contributed by atoms with Crippen molar-refractivity contribution in [1.82, 2.24) is 4.57 Å². The molecule has 1 aliphatic rings. The molecule has 12 heteroatoms. The summed E-state index contributed by atoms with van der Waals surface area (Å²) in [6.45, 7) is 4.15. The number of anilines is 1. The number of hydrogen-bond acceptors (Lipinski definition) is 9. The Kier molecular flexibility index (Phi) is 8.36. The normalized spacial score (nSPS) is 14.4. The van der Waals surface area contributed by atoms with Crippen molar-refractivity contribution in [3.63, 3.8) is 0 Å². The molecular weight excluding hydrogens is 608 g/mol. The fourth-order valence-electron chi connectivity index (χ4n) is 5.27. The summed E-state index contributed by atoms with van der Waals surface area (Å²) in [5.74, 6) is 1.38. The number of nitro groups is 1. The van der Waals surface area contributed by atoms with E-state index in [1.165, 1.54) is 41.2 Å². The van der Waals surface area contributed by atoms with Crippen molar-refractivity contribution in [3.05, 3.63) is 137 Å². The third kappa shape index (κ3) is 5.85. The number of aromatic nitrogens is 1. The third-order valence-electron chi connectivity index (χ3n) is 7.36. The van der Waals surface area contributed by atoms with Crippen molar-refractivity contribution in [2.75, 3.05) is 19.0 Å². The fourth-order valence-corrected chi connectivity index (χ4v) is 6.29. The number of furan rings is 1. The minimum atomic E-state index is -0.765. The van der Waals surface area contributed by atoms with Crippen molar-refractivity contribution >= 4 is 34.7 Å². The molecule has 1 aliphatic heterocycles. The molecule has 11 nitrogen and oxygen atoms in total. The summed E-state index contributed by atoms with van der Waals surface area (Å²) < 4.78 is 18.9. The molecule has 0 aliphatic carbocycles. The first-order valence-corrected chi connectivity index (χ1v) is 15.1. The van der Waals surface area contributed by atoms with Gasteiger partial charge in [0.2, 0.25) is 0 Å². The van der Waals surface area contributed by atoms with Crippen molar-refractivity contribution in [3.8, 4) is 22.8 Å². The van der Waals surface area contributed by atoms with Gasteiger partial charge in [0, 0.05) is 23.9 Å². The van der Waals surface area contributed by atoms with E-state index in [2.05, 4.69) is 10.3 Å². The molecule has 5 aromatic rings. The molecule has 0 bridgehead atoms. The number of carbonyl (C=O) groups excluding carboxylic acids is 1. The van der Waals surface area contributed by atoms with Gasteiger partial charge in [-0.2, -0.15) is 0 Å². The van der Waals surface area contributed by atoms with Crippen LogP contribution in [0, 0.1) is 10.1 Å². The van der Waals surface area contributed by atoms with Gasteiger partial charge in [-0.3, -0.25) is 24.3 Å². The number of carbonyl (C=O) groups is 1. The van der Waals surface area contributed by atoms with Crippen molar-refractivity contribution in [2.24, 2.45) is 4.99 Å². The average molecular weight is 637 g/mol. The van der Waals surface area contributed by atoms with E-state index in [1.807, 2.05) is 49.4 Å². The summed E-state index contributed by atoms with van der Waals surface area (Å²) in [6.07, 6.45) is 1.59. The molecule has 0 saturated carbocycles. The lowest BCUT2D eigenvalue weighted by Gasteiger charge is -2.25. The topological polar surface area (TPSA) is 138 Å². The SMILES string of the molecule is CCOc1ccc([C@@H]2C(C(=O)Nc3ccccc3)=C(C)N=c3s/c(=C\c4ccc(-c5cc([N+](=O)[O-])ccc5OC)o4)c(=O)n32)cc1. The van der Waals surface area contributed by atoms with E-state index >= 15 is 0 Å². The molecule has 0 fully saturated rings. The van der Waals surface area contributed by atoms with E-state index in [1.54, 1.807) is 37.3 Å². The number of thiazole rings is 1. The number of nitro benzene ring substituents is 1. The number of nitrogens with one attached hydrogen (secondary N) is 1. The summed E-state index contributed by atoms with van der Waals surface area (Å²) in [5, 5.41) is 14.3. The number of fused-ring (bicyclic) bond motifs is 1. The molecule has 232 valence electrons. The highest BCUT2D eigenvalue weighted by molar-refractivity contribution is 7.07. The van der Waals surface area contributed by atoms with Gasteiger partial charge in [-0.1, -0.05) is 41.7 Å². The van der Waals surface area contributed by atoms with Crippen LogP contribution in [0.4, 0.5) is 11.4 Å². The average Bonchev–Trinajstić information content (AvgIpc) is 3.64. The maximum atomic E-state index is 14.1. The van der Waals surface area contributed by atoms with Gasteiger partial charge in [0.15, 0.2) is 4.80 Å². The lowest BCUT2D eigenvalue weighted by atomic mass is 9.95. The Bertz CT molecular complexity index is 2160. The van der Waals surface area contributed by atoms with E-state index in [4.69, 9.17) is 13.9 Å². The number of nitrogens with zero attached hydrogens (tertiary/aromatic N) is 3. The third-order valence-corrected chi connectivity index (χ3v) is 8.35. The first-order valence-electron chi connectivity index (χ1n) is 14.3. The molecule has 1 atom stereocenters. The van der Waals surface area contributed by atoms with E-state index in [0.717, 1.165) is 0 Å². The van der Waals surface area contributed by atoms with Crippen LogP contribution in [0.25, 0.3) is 17.4 Å². The number of para-hydroxylation sites is 1. The molecule has 1 N–H and O–H groups in total. The van der Waals surface area contributed by atoms with Gasteiger partial charge in [-0.15, -0.1) is 0 Å². The minimum absolute atomic E-state index is 0.112. The van der Waals surface area contributed by atoms with Crippen molar-refractivity contribution < 1.29 is 23.6 Å². The monoisotopic (exact) mass is 636 g/mol. The predicted octanol–water partition coefficient (Wildman–Crippen LogP) is 5.45. The number of benzene rings is 3.